The molecule has 0 saturated heterocycles. The molecule has 3 aliphatic rings. The summed E-state index contributed by atoms with van der Waals surface area (Å²) in [5, 5.41) is 0. The summed E-state index contributed by atoms with van der Waals surface area (Å²) in [5.41, 5.74) is -0.510. The van der Waals surface area contributed by atoms with Crippen LogP contribution in [0.4, 0.5) is 0 Å². The zero-order valence-corrected chi connectivity index (χ0v) is 11.7. The molecule has 0 aromatic rings. The first kappa shape index (κ1) is 12.9. The van der Waals surface area contributed by atoms with E-state index in [-0.39, 0.29) is 17.0 Å². The van der Waals surface area contributed by atoms with Crippen molar-refractivity contribution < 1.29 is 9.53 Å². The molecule has 3 rings (SSSR count). The molecule has 3 aliphatic carbocycles. The SMILES string of the molecule is CCC(C)(C)C(=O)OC1(C)CC2CCC1CC2. The molecule has 1 unspecified atom stereocenters. The van der Waals surface area contributed by atoms with Crippen molar-refractivity contribution in [1.82, 2.24) is 0 Å². The van der Waals surface area contributed by atoms with E-state index in [0.29, 0.717) is 5.92 Å². The molecule has 0 spiro atoms. The molecule has 0 N–H and O–H groups in total. The molecule has 0 amide bonds. The van der Waals surface area contributed by atoms with E-state index in [1.807, 2.05) is 13.8 Å². The van der Waals surface area contributed by atoms with Gasteiger partial charge in [-0.15, -0.1) is 0 Å². The topological polar surface area (TPSA) is 26.3 Å². The van der Waals surface area contributed by atoms with Crippen LogP contribution in [0.5, 0.6) is 0 Å². The van der Waals surface area contributed by atoms with Crippen molar-refractivity contribution in [3.8, 4) is 0 Å². The summed E-state index contributed by atoms with van der Waals surface area (Å²) in [7, 11) is 0. The summed E-state index contributed by atoms with van der Waals surface area (Å²) in [5.74, 6) is 1.39. The third-order valence-electron chi connectivity index (χ3n) is 5.17. The van der Waals surface area contributed by atoms with Gasteiger partial charge in [-0.05, 0) is 71.1 Å². The Morgan fingerprint density at radius 2 is 1.88 bits per heavy atom. The van der Waals surface area contributed by atoms with E-state index in [1.165, 1.54) is 25.7 Å². The monoisotopic (exact) mass is 238 g/mol. The van der Waals surface area contributed by atoms with Crippen LogP contribution in [-0.4, -0.2) is 11.6 Å². The second-order valence-corrected chi connectivity index (χ2v) is 6.86. The van der Waals surface area contributed by atoms with Crippen molar-refractivity contribution in [2.45, 2.75) is 71.8 Å². The molecule has 0 aliphatic heterocycles. The van der Waals surface area contributed by atoms with Crippen LogP contribution in [0.25, 0.3) is 0 Å². The average Bonchev–Trinajstić information content (AvgIpc) is 2.29. The minimum absolute atomic E-state index is 0.00458. The summed E-state index contributed by atoms with van der Waals surface area (Å²) in [6.45, 7) is 8.18. The highest BCUT2D eigenvalue weighted by Gasteiger charge is 2.48. The van der Waals surface area contributed by atoms with Crippen LogP contribution < -0.4 is 0 Å². The molecule has 17 heavy (non-hydrogen) atoms. The first-order valence-electron chi connectivity index (χ1n) is 7.11. The number of carbonyl (C=O) groups is 1. The van der Waals surface area contributed by atoms with Gasteiger partial charge < -0.3 is 4.74 Å². The lowest BCUT2D eigenvalue weighted by atomic mass is 9.62. The smallest absolute Gasteiger partial charge is 0.312 e. The second-order valence-electron chi connectivity index (χ2n) is 6.86. The molecule has 0 radical (unpaired) electrons. The number of rotatable bonds is 3. The van der Waals surface area contributed by atoms with Crippen molar-refractivity contribution >= 4 is 5.97 Å². The molecule has 0 heterocycles. The van der Waals surface area contributed by atoms with E-state index in [9.17, 15) is 4.79 Å². The Kier molecular flexibility index (Phi) is 3.26. The van der Waals surface area contributed by atoms with Crippen molar-refractivity contribution in [2.75, 3.05) is 0 Å². The van der Waals surface area contributed by atoms with Gasteiger partial charge in [0.2, 0.25) is 0 Å². The molecule has 0 aromatic heterocycles. The molecule has 98 valence electrons. The van der Waals surface area contributed by atoms with Crippen molar-refractivity contribution in [3.05, 3.63) is 0 Å². The third-order valence-corrected chi connectivity index (χ3v) is 5.17. The van der Waals surface area contributed by atoms with Gasteiger partial charge >= 0.3 is 5.97 Å². The van der Waals surface area contributed by atoms with Crippen LogP contribution in [0.15, 0.2) is 0 Å². The molecule has 1 atom stereocenters. The molecular weight excluding hydrogens is 212 g/mol. The van der Waals surface area contributed by atoms with Crippen molar-refractivity contribution in [1.29, 1.82) is 0 Å². The van der Waals surface area contributed by atoms with Gasteiger partial charge in [-0.1, -0.05) is 6.92 Å². The van der Waals surface area contributed by atoms with Gasteiger partial charge in [0.1, 0.15) is 5.60 Å². The van der Waals surface area contributed by atoms with Gasteiger partial charge in [0.15, 0.2) is 0 Å². The molecule has 3 saturated carbocycles. The molecule has 2 nitrogen and oxygen atoms in total. The maximum atomic E-state index is 12.2. The predicted octanol–water partition coefficient (Wildman–Crippen LogP) is 3.93. The Morgan fingerprint density at radius 1 is 1.29 bits per heavy atom. The Bertz CT molecular complexity index is 300. The zero-order chi connectivity index (χ0) is 12.7. The van der Waals surface area contributed by atoms with Gasteiger partial charge in [0.25, 0.3) is 0 Å². The summed E-state index contributed by atoms with van der Waals surface area (Å²) in [4.78, 5) is 12.2. The van der Waals surface area contributed by atoms with E-state index in [1.54, 1.807) is 0 Å². The fourth-order valence-electron chi connectivity index (χ4n) is 3.34. The Morgan fingerprint density at radius 3 is 2.29 bits per heavy atom. The number of hydrogen-bond donors (Lipinski definition) is 0. The molecule has 0 aromatic carbocycles. The van der Waals surface area contributed by atoms with Gasteiger partial charge in [-0.2, -0.15) is 0 Å². The van der Waals surface area contributed by atoms with Crippen LogP contribution >= 0.6 is 0 Å². The van der Waals surface area contributed by atoms with Crippen LogP contribution in [0.1, 0.15) is 66.2 Å². The molecule has 2 bridgehead atoms. The highest BCUT2D eigenvalue weighted by molar-refractivity contribution is 5.76. The third kappa shape index (κ3) is 2.36. The van der Waals surface area contributed by atoms with E-state index in [2.05, 4.69) is 13.8 Å². The van der Waals surface area contributed by atoms with Gasteiger partial charge in [-0.3, -0.25) is 4.79 Å². The van der Waals surface area contributed by atoms with Crippen LogP contribution in [0.2, 0.25) is 0 Å². The first-order valence-corrected chi connectivity index (χ1v) is 7.11. The standard InChI is InChI=1S/C15H26O2/c1-5-14(2,3)13(16)17-15(4)10-11-6-8-12(15)9-7-11/h11-12H,5-10H2,1-4H3. The van der Waals surface area contributed by atoms with Gasteiger partial charge in [-0.25, -0.2) is 0 Å². The van der Waals surface area contributed by atoms with Gasteiger partial charge in [0.05, 0.1) is 5.41 Å². The fourth-order valence-corrected chi connectivity index (χ4v) is 3.34. The highest BCUT2D eigenvalue weighted by Crippen LogP contribution is 2.49. The highest BCUT2D eigenvalue weighted by atomic mass is 16.6. The summed E-state index contributed by atoms with van der Waals surface area (Å²) >= 11 is 0. The minimum atomic E-state index is -0.334. The number of ether oxygens (including phenoxy) is 1. The summed E-state index contributed by atoms with van der Waals surface area (Å²) in [6.07, 6.45) is 7.12. The number of carbonyl (C=O) groups excluding carboxylic acids is 1. The number of hydrogen-bond acceptors (Lipinski definition) is 2. The summed E-state index contributed by atoms with van der Waals surface area (Å²) < 4.78 is 5.93. The number of esters is 1. The maximum Gasteiger partial charge on any atom is 0.312 e. The van der Waals surface area contributed by atoms with E-state index in [0.717, 1.165) is 18.8 Å². The van der Waals surface area contributed by atoms with Gasteiger partial charge in [0, 0.05) is 0 Å². The average molecular weight is 238 g/mol. The normalized spacial score (nSPS) is 36.9. The van der Waals surface area contributed by atoms with Crippen molar-refractivity contribution in [3.63, 3.8) is 0 Å². The molecule has 2 heteroatoms. The molecular formula is C15H26O2. The van der Waals surface area contributed by atoms with Crippen LogP contribution in [0, 0.1) is 17.3 Å². The Hall–Kier alpha value is -0.530. The lowest BCUT2D eigenvalue weighted by Crippen LogP contribution is -2.49. The van der Waals surface area contributed by atoms with E-state index >= 15 is 0 Å². The van der Waals surface area contributed by atoms with Crippen LogP contribution in [0.3, 0.4) is 0 Å². The van der Waals surface area contributed by atoms with Crippen LogP contribution in [-0.2, 0) is 9.53 Å². The second kappa shape index (κ2) is 4.29. The Balaban J connectivity index is 2.05. The van der Waals surface area contributed by atoms with Crippen molar-refractivity contribution in [2.24, 2.45) is 17.3 Å². The minimum Gasteiger partial charge on any atom is -0.459 e. The first-order chi connectivity index (χ1) is 7.87. The summed E-state index contributed by atoms with van der Waals surface area (Å²) in [6, 6.07) is 0. The van der Waals surface area contributed by atoms with E-state index < -0.39 is 0 Å². The quantitative estimate of drug-likeness (QED) is 0.696. The van der Waals surface area contributed by atoms with E-state index in [4.69, 9.17) is 4.74 Å². The lowest BCUT2D eigenvalue weighted by Gasteiger charge is -2.49. The number of fused-ring (bicyclic) bond motifs is 3. The largest absolute Gasteiger partial charge is 0.459 e. The lowest BCUT2D eigenvalue weighted by molar-refractivity contribution is -0.186. The molecule has 3 fully saturated rings. The Labute approximate surface area is 105 Å². The predicted molar refractivity (Wildman–Crippen MR) is 68.6 cm³/mol. The zero-order valence-electron chi connectivity index (χ0n) is 11.7. The fraction of sp³-hybridized carbons (Fsp3) is 0.933. The maximum absolute atomic E-state index is 12.2.